The number of hydrogen-bond donors (Lipinski definition) is 2. The van der Waals surface area contributed by atoms with Crippen LogP contribution in [0.2, 0.25) is 0 Å². The van der Waals surface area contributed by atoms with Gasteiger partial charge in [0.2, 0.25) is 0 Å². The lowest BCUT2D eigenvalue weighted by molar-refractivity contribution is -0.136. The number of aryl methyl sites for hydroxylation is 1. The van der Waals surface area contributed by atoms with E-state index in [9.17, 15) is 9.59 Å². The lowest BCUT2D eigenvalue weighted by Crippen LogP contribution is -2.15. The monoisotopic (exact) mass is 300 g/mol. The van der Waals surface area contributed by atoms with Gasteiger partial charge in [-0.1, -0.05) is 17.3 Å². The highest BCUT2D eigenvalue weighted by Gasteiger charge is 2.24. The van der Waals surface area contributed by atoms with Gasteiger partial charge in [-0.25, -0.2) is 0 Å². The highest BCUT2D eigenvalue weighted by atomic mass is 16.5. The zero-order valence-corrected chi connectivity index (χ0v) is 12.0. The second-order valence-electron chi connectivity index (χ2n) is 5.37. The molecule has 1 aliphatic rings. The number of hydrogen-bond acceptors (Lipinski definition) is 4. The molecule has 0 radical (unpaired) electrons. The molecule has 0 bridgehead atoms. The van der Waals surface area contributed by atoms with Crippen LogP contribution in [-0.4, -0.2) is 22.1 Å². The van der Waals surface area contributed by atoms with Crippen LogP contribution < -0.4 is 5.32 Å². The zero-order chi connectivity index (χ0) is 15.5. The molecular weight excluding hydrogens is 284 g/mol. The first kappa shape index (κ1) is 14.3. The summed E-state index contributed by atoms with van der Waals surface area (Å²) in [4.78, 5) is 23.1. The lowest BCUT2D eigenvalue weighted by Gasteiger charge is -2.09. The Bertz CT molecular complexity index is 721. The van der Waals surface area contributed by atoms with Crippen molar-refractivity contribution in [3.8, 4) is 0 Å². The first-order valence-corrected chi connectivity index (χ1v) is 7.23. The number of amides is 1. The third-order valence-corrected chi connectivity index (χ3v) is 3.71. The largest absolute Gasteiger partial charge is 0.481 e. The fourth-order valence-electron chi connectivity index (χ4n) is 2.69. The molecule has 1 aromatic carbocycles. The molecule has 2 N–H and O–H groups in total. The number of nitrogens with zero attached hydrogens (tertiary/aromatic N) is 1. The molecule has 2 aromatic rings. The fourth-order valence-corrected chi connectivity index (χ4v) is 2.69. The molecule has 6 nitrogen and oxygen atoms in total. The summed E-state index contributed by atoms with van der Waals surface area (Å²) < 4.78 is 5.23. The van der Waals surface area contributed by atoms with Crippen molar-refractivity contribution in [3.63, 3.8) is 0 Å². The summed E-state index contributed by atoms with van der Waals surface area (Å²) in [6, 6.07) is 6.79. The Morgan fingerprint density at radius 2 is 2.09 bits per heavy atom. The van der Waals surface area contributed by atoms with E-state index >= 15 is 0 Å². The van der Waals surface area contributed by atoms with Crippen LogP contribution in [0.5, 0.6) is 0 Å². The molecule has 1 amide bonds. The van der Waals surface area contributed by atoms with Gasteiger partial charge in [-0.3, -0.25) is 9.59 Å². The van der Waals surface area contributed by atoms with Gasteiger partial charge < -0.3 is 14.9 Å². The number of benzene rings is 1. The number of anilines is 1. The molecule has 22 heavy (non-hydrogen) atoms. The lowest BCUT2D eigenvalue weighted by atomic mass is 9.96. The van der Waals surface area contributed by atoms with E-state index in [0.29, 0.717) is 16.9 Å². The standard InChI is InChI=1S/C16H16N2O4/c19-14(20)9-10-4-3-5-11(8-10)17-16(21)15-12-6-1-2-7-13(12)22-18-15/h3-5,8H,1-2,6-7,9H2,(H,17,21)(H,19,20). The van der Waals surface area contributed by atoms with E-state index < -0.39 is 5.97 Å². The van der Waals surface area contributed by atoms with Crippen LogP contribution in [0, 0.1) is 0 Å². The van der Waals surface area contributed by atoms with Crippen molar-refractivity contribution in [2.75, 3.05) is 5.32 Å². The molecule has 114 valence electrons. The maximum Gasteiger partial charge on any atom is 0.307 e. The topological polar surface area (TPSA) is 92.4 Å². The third-order valence-electron chi connectivity index (χ3n) is 3.71. The van der Waals surface area contributed by atoms with Gasteiger partial charge in [0, 0.05) is 17.7 Å². The smallest absolute Gasteiger partial charge is 0.307 e. The maximum absolute atomic E-state index is 12.3. The minimum absolute atomic E-state index is 0.0803. The number of nitrogens with one attached hydrogen (secondary N) is 1. The second-order valence-corrected chi connectivity index (χ2v) is 5.37. The Hall–Kier alpha value is -2.63. The number of fused-ring (bicyclic) bond motifs is 1. The van der Waals surface area contributed by atoms with Crippen LogP contribution >= 0.6 is 0 Å². The van der Waals surface area contributed by atoms with Crippen molar-refractivity contribution in [3.05, 3.63) is 46.8 Å². The Morgan fingerprint density at radius 1 is 1.27 bits per heavy atom. The van der Waals surface area contributed by atoms with Crippen molar-refractivity contribution < 1.29 is 19.2 Å². The normalized spacial score (nSPS) is 13.5. The highest BCUT2D eigenvalue weighted by molar-refractivity contribution is 6.04. The van der Waals surface area contributed by atoms with Crippen molar-refractivity contribution in [1.29, 1.82) is 0 Å². The molecule has 3 rings (SSSR count). The molecule has 0 aliphatic heterocycles. The van der Waals surface area contributed by atoms with E-state index in [1.165, 1.54) is 0 Å². The molecule has 1 aliphatic carbocycles. The summed E-state index contributed by atoms with van der Waals surface area (Å²) in [6.07, 6.45) is 3.64. The Kier molecular flexibility index (Phi) is 3.91. The molecule has 0 spiro atoms. The number of aliphatic carboxylic acids is 1. The fraction of sp³-hybridized carbons (Fsp3) is 0.312. The van der Waals surface area contributed by atoms with Crippen LogP contribution in [-0.2, 0) is 24.1 Å². The summed E-state index contributed by atoms with van der Waals surface area (Å²) >= 11 is 0. The summed E-state index contributed by atoms with van der Waals surface area (Å²) in [5.41, 5.74) is 2.41. The van der Waals surface area contributed by atoms with Crippen molar-refractivity contribution >= 4 is 17.6 Å². The quantitative estimate of drug-likeness (QED) is 0.904. The molecule has 1 heterocycles. The summed E-state index contributed by atoms with van der Waals surface area (Å²) in [5.74, 6) is -0.426. The SMILES string of the molecule is O=C(O)Cc1cccc(NC(=O)c2noc3c2CCCC3)c1. The van der Waals surface area contributed by atoms with Crippen LogP contribution in [0.3, 0.4) is 0 Å². The van der Waals surface area contributed by atoms with E-state index in [0.717, 1.165) is 37.0 Å². The molecular formula is C16H16N2O4. The minimum Gasteiger partial charge on any atom is -0.481 e. The first-order chi connectivity index (χ1) is 10.6. The summed E-state index contributed by atoms with van der Waals surface area (Å²) in [6.45, 7) is 0. The number of aromatic nitrogens is 1. The van der Waals surface area contributed by atoms with Gasteiger partial charge >= 0.3 is 5.97 Å². The summed E-state index contributed by atoms with van der Waals surface area (Å²) in [5, 5.41) is 15.4. The number of carboxylic acid groups (broad SMARTS) is 1. The average molecular weight is 300 g/mol. The first-order valence-electron chi connectivity index (χ1n) is 7.23. The molecule has 0 saturated carbocycles. The van der Waals surface area contributed by atoms with Gasteiger partial charge in [-0.15, -0.1) is 0 Å². The maximum atomic E-state index is 12.3. The molecule has 0 unspecified atom stereocenters. The molecule has 1 aromatic heterocycles. The van der Waals surface area contributed by atoms with Crippen LogP contribution in [0.15, 0.2) is 28.8 Å². The van der Waals surface area contributed by atoms with E-state index in [1.54, 1.807) is 24.3 Å². The Labute approximate surface area is 127 Å². The van der Waals surface area contributed by atoms with Crippen molar-refractivity contribution in [2.24, 2.45) is 0 Å². The molecule has 0 atom stereocenters. The number of rotatable bonds is 4. The van der Waals surface area contributed by atoms with E-state index in [2.05, 4.69) is 10.5 Å². The second kappa shape index (κ2) is 6.01. The third kappa shape index (κ3) is 3.00. The number of carboxylic acids is 1. The zero-order valence-electron chi connectivity index (χ0n) is 12.0. The van der Waals surface area contributed by atoms with Gasteiger partial charge in [-0.05, 0) is 37.0 Å². The predicted molar refractivity (Wildman–Crippen MR) is 78.9 cm³/mol. The van der Waals surface area contributed by atoms with Crippen LogP contribution in [0.4, 0.5) is 5.69 Å². The van der Waals surface area contributed by atoms with E-state index in [1.807, 2.05) is 0 Å². The number of carbonyl (C=O) groups is 2. The van der Waals surface area contributed by atoms with Gasteiger partial charge in [-0.2, -0.15) is 0 Å². The predicted octanol–water partition coefficient (Wildman–Crippen LogP) is 2.43. The Morgan fingerprint density at radius 3 is 2.91 bits per heavy atom. The summed E-state index contributed by atoms with van der Waals surface area (Å²) in [7, 11) is 0. The highest BCUT2D eigenvalue weighted by Crippen LogP contribution is 2.25. The molecule has 6 heteroatoms. The van der Waals surface area contributed by atoms with E-state index in [-0.39, 0.29) is 12.3 Å². The van der Waals surface area contributed by atoms with Gasteiger partial charge in [0.15, 0.2) is 5.69 Å². The Balaban J connectivity index is 1.77. The van der Waals surface area contributed by atoms with E-state index in [4.69, 9.17) is 9.63 Å². The molecule has 0 fully saturated rings. The number of carbonyl (C=O) groups excluding carboxylic acids is 1. The van der Waals surface area contributed by atoms with Crippen LogP contribution in [0.25, 0.3) is 0 Å². The van der Waals surface area contributed by atoms with Crippen LogP contribution in [0.1, 0.15) is 40.2 Å². The minimum atomic E-state index is -0.908. The average Bonchev–Trinajstić information content (AvgIpc) is 2.91. The van der Waals surface area contributed by atoms with Gasteiger partial charge in [0.25, 0.3) is 5.91 Å². The van der Waals surface area contributed by atoms with Gasteiger partial charge in [0.05, 0.1) is 6.42 Å². The van der Waals surface area contributed by atoms with Gasteiger partial charge in [0.1, 0.15) is 5.76 Å². The van der Waals surface area contributed by atoms with Crippen molar-refractivity contribution in [1.82, 2.24) is 5.16 Å². The van der Waals surface area contributed by atoms with Crippen molar-refractivity contribution in [2.45, 2.75) is 32.1 Å². The molecule has 0 saturated heterocycles.